The Hall–Kier alpha value is -2.77. The van der Waals surface area contributed by atoms with E-state index < -0.39 is 0 Å². The van der Waals surface area contributed by atoms with Crippen molar-refractivity contribution in [3.63, 3.8) is 0 Å². The van der Waals surface area contributed by atoms with Crippen LogP contribution >= 0.6 is 0 Å². The summed E-state index contributed by atoms with van der Waals surface area (Å²) in [6, 6.07) is 11.9. The van der Waals surface area contributed by atoms with E-state index in [1.165, 1.54) is 11.1 Å². The summed E-state index contributed by atoms with van der Waals surface area (Å²) in [6.45, 7) is 5.80. The summed E-state index contributed by atoms with van der Waals surface area (Å²) in [5.74, 6) is 2.25. The zero-order chi connectivity index (χ0) is 20.9. The number of ether oxygens (including phenoxy) is 3. The molecule has 0 radical (unpaired) electrons. The fourth-order valence-corrected chi connectivity index (χ4v) is 4.02. The summed E-state index contributed by atoms with van der Waals surface area (Å²) < 4.78 is 16.1. The van der Waals surface area contributed by atoms with E-state index in [0.717, 1.165) is 51.5 Å². The van der Waals surface area contributed by atoms with Gasteiger partial charge in [-0.3, -0.25) is 14.6 Å². The van der Waals surface area contributed by atoms with Crippen LogP contribution in [0.1, 0.15) is 11.1 Å². The lowest BCUT2D eigenvalue weighted by Crippen LogP contribution is -2.48. The second-order valence-electron chi connectivity index (χ2n) is 7.71. The van der Waals surface area contributed by atoms with Gasteiger partial charge in [0.1, 0.15) is 5.75 Å². The Morgan fingerprint density at radius 1 is 1.00 bits per heavy atom. The lowest BCUT2D eigenvalue weighted by Gasteiger charge is -2.34. The minimum atomic E-state index is -0.0192. The van der Waals surface area contributed by atoms with Crippen LogP contribution in [-0.2, 0) is 17.8 Å². The average molecular weight is 412 g/mol. The van der Waals surface area contributed by atoms with Crippen molar-refractivity contribution in [1.29, 1.82) is 0 Å². The van der Waals surface area contributed by atoms with Crippen LogP contribution in [0.15, 0.2) is 36.4 Å². The number of benzene rings is 2. The van der Waals surface area contributed by atoms with Gasteiger partial charge in [-0.05, 0) is 29.3 Å². The van der Waals surface area contributed by atoms with Crippen molar-refractivity contribution in [1.82, 2.24) is 9.80 Å². The fourth-order valence-electron chi connectivity index (χ4n) is 4.02. The Labute approximate surface area is 177 Å². The average Bonchev–Trinajstić information content (AvgIpc) is 3.23. The maximum absolute atomic E-state index is 12.5. The Balaban J connectivity index is 1.24. The topological polar surface area (TPSA) is 63.3 Å². The molecule has 4 rings (SSSR count). The molecule has 30 heavy (non-hydrogen) atoms. The molecule has 0 bridgehead atoms. The number of nitrogens with zero attached hydrogens (tertiary/aromatic N) is 2. The Kier molecular flexibility index (Phi) is 6.40. The van der Waals surface area contributed by atoms with E-state index >= 15 is 0 Å². The van der Waals surface area contributed by atoms with Gasteiger partial charge in [-0.1, -0.05) is 12.1 Å². The molecule has 2 aromatic rings. The zero-order valence-corrected chi connectivity index (χ0v) is 17.6. The number of carbonyl (C=O) groups excluding carboxylic acids is 1. The molecule has 0 spiro atoms. The second-order valence-corrected chi connectivity index (χ2v) is 7.71. The lowest BCUT2D eigenvalue weighted by molar-refractivity contribution is -0.117. The second kappa shape index (κ2) is 9.36. The first-order valence-corrected chi connectivity index (χ1v) is 10.4. The summed E-state index contributed by atoms with van der Waals surface area (Å²) in [6.07, 6.45) is 1.01. The highest BCUT2D eigenvalue weighted by molar-refractivity contribution is 5.92. The van der Waals surface area contributed by atoms with E-state index in [4.69, 9.17) is 14.2 Å². The highest BCUT2D eigenvalue weighted by Crippen LogP contribution is 2.30. The molecule has 2 aliphatic heterocycles. The van der Waals surface area contributed by atoms with Crippen molar-refractivity contribution >= 4 is 11.6 Å². The van der Waals surface area contributed by atoms with Gasteiger partial charge in [-0.2, -0.15) is 0 Å². The van der Waals surface area contributed by atoms with E-state index in [2.05, 4.69) is 33.3 Å². The molecule has 2 heterocycles. The molecular weight excluding hydrogens is 382 g/mol. The van der Waals surface area contributed by atoms with Gasteiger partial charge in [0.15, 0.2) is 11.5 Å². The van der Waals surface area contributed by atoms with Gasteiger partial charge in [0.2, 0.25) is 5.91 Å². The molecule has 0 unspecified atom stereocenters. The third-order valence-corrected chi connectivity index (χ3v) is 5.66. The molecule has 1 saturated heterocycles. The van der Waals surface area contributed by atoms with Crippen LogP contribution in [0.2, 0.25) is 0 Å². The molecule has 0 atom stereocenters. The number of hydrogen-bond acceptors (Lipinski definition) is 6. The van der Waals surface area contributed by atoms with Crippen LogP contribution in [-0.4, -0.2) is 69.3 Å². The molecule has 0 aliphatic carbocycles. The Morgan fingerprint density at radius 2 is 1.77 bits per heavy atom. The summed E-state index contributed by atoms with van der Waals surface area (Å²) >= 11 is 0. The highest BCUT2D eigenvalue weighted by Gasteiger charge is 2.20. The summed E-state index contributed by atoms with van der Waals surface area (Å²) in [5, 5.41) is 2.95. The van der Waals surface area contributed by atoms with Gasteiger partial charge < -0.3 is 19.5 Å². The highest BCUT2D eigenvalue weighted by atomic mass is 16.5. The Bertz CT molecular complexity index is 894. The number of amides is 1. The normalized spacial score (nSPS) is 16.6. The molecule has 1 N–H and O–H groups in total. The van der Waals surface area contributed by atoms with Crippen molar-refractivity contribution in [3.8, 4) is 17.2 Å². The molecule has 7 heteroatoms. The number of piperazine rings is 1. The number of fused-ring (bicyclic) bond motifs is 1. The third-order valence-electron chi connectivity index (χ3n) is 5.66. The first-order valence-electron chi connectivity index (χ1n) is 10.4. The molecule has 2 aromatic carbocycles. The molecule has 0 aromatic heterocycles. The van der Waals surface area contributed by atoms with Gasteiger partial charge >= 0.3 is 0 Å². The van der Waals surface area contributed by atoms with Crippen LogP contribution in [0.5, 0.6) is 17.2 Å². The lowest BCUT2D eigenvalue weighted by atomic mass is 10.1. The molecule has 1 amide bonds. The van der Waals surface area contributed by atoms with Crippen LogP contribution in [0.3, 0.4) is 0 Å². The standard InChI is InChI=1S/C23H29N3O4/c1-28-21-6-4-19(14-22(21)29-2)24-23(27)16-26-10-8-25(9-11-26)15-17-3-5-20-18(13-17)7-12-30-20/h3-6,13-14H,7-12,15-16H2,1-2H3,(H,24,27). The zero-order valence-electron chi connectivity index (χ0n) is 17.6. The number of hydrogen-bond donors (Lipinski definition) is 1. The molecule has 7 nitrogen and oxygen atoms in total. The van der Waals surface area contributed by atoms with Crippen LogP contribution in [0, 0.1) is 0 Å². The van der Waals surface area contributed by atoms with Crippen molar-refractivity contribution in [3.05, 3.63) is 47.5 Å². The smallest absolute Gasteiger partial charge is 0.238 e. The monoisotopic (exact) mass is 411 g/mol. The van der Waals surface area contributed by atoms with Gasteiger partial charge in [-0.25, -0.2) is 0 Å². The van der Waals surface area contributed by atoms with Crippen LogP contribution < -0.4 is 19.5 Å². The first-order chi connectivity index (χ1) is 14.6. The summed E-state index contributed by atoms with van der Waals surface area (Å²) in [4.78, 5) is 17.1. The maximum Gasteiger partial charge on any atom is 0.238 e. The predicted octanol–water partition coefficient (Wildman–Crippen LogP) is 2.40. The van der Waals surface area contributed by atoms with Crippen molar-refractivity contribution in [2.45, 2.75) is 13.0 Å². The van der Waals surface area contributed by atoms with Gasteiger partial charge in [0.05, 0.1) is 27.4 Å². The minimum absolute atomic E-state index is 0.0192. The molecule has 160 valence electrons. The number of methoxy groups -OCH3 is 2. The third kappa shape index (κ3) is 4.86. The summed E-state index contributed by atoms with van der Waals surface area (Å²) in [5.41, 5.74) is 3.36. The first kappa shape index (κ1) is 20.5. The van der Waals surface area contributed by atoms with Crippen molar-refractivity contribution in [2.75, 3.05) is 58.9 Å². The van der Waals surface area contributed by atoms with Gasteiger partial charge in [0.25, 0.3) is 0 Å². The van der Waals surface area contributed by atoms with Crippen LogP contribution in [0.25, 0.3) is 0 Å². The van der Waals surface area contributed by atoms with E-state index in [-0.39, 0.29) is 5.91 Å². The Morgan fingerprint density at radius 3 is 2.53 bits per heavy atom. The van der Waals surface area contributed by atoms with E-state index in [1.807, 2.05) is 6.07 Å². The quantitative estimate of drug-likeness (QED) is 0.755. The fraction of sp³-hybridized carbons (Fsp3) is 0.435. The molecular formula is C23H29N3O4. The SMILES string of the molecule is COc1ccc(NC(=O)CN2CCN(Cc3ccc4c(c3)CCO4)CC2)cc1OC. The van der Waals surface area contributed by atoms with Crippen molar-refractivity contribution < 1.29 is 19.0 Å². The maximum atomic E-state index is 12.5. The number of carbonyl (C=O) groups is 1. The minimum Gasteiger partial charge on any atom is -0.493 e. The summed E-state index contributed by atoms with van der Waals surface area (Å²) in [7, 11) is 3.17. The van der Waals surface area contributed by atoms with E-state index in [1.54, 1.807) is 26.4 Å². The molecule has 0 saturated carbocycles. The van der Waals surface area contributed by atoms with E-state index in [9.17, 15) is 4.79 Å². The van der Waals surface area contributed by atoms with Gasteiger partial charge in [0, 0.05) is 50.9 Å². The van der Waals surface area contributed by atoms with Crippen LogP contribution in [0.4, 0.5) is 5.69 Å². The van der Waals surface area contributed by atoms with Crippen molar-refractivity contribution in [2.24, 2.45) is 0 Å². The molecule has 2 aliphatic rings. The number of nitrogens with one attached hydrogen (secondary N) is 1. The largest absolute Gasteiger partial charge is 0.493 e. The number of anilines is 1. The number of rotatable bonds is 7. The van der Waals surface area contributed by atoms with E-state index in [0.29, 0.717) is 23.7 Å². The molecule has 1 fully saturated rings. The predicted molar refractivity (Wildman–Crippen MR) is 116 cm³/mol. The van der Waals surface area contributed by atoms with Gasteiger partial charge in [-0.15, -0.1) is 0 Å².